The summed E-state index contributed by atoms with van der Waals surface area (Å²) in [5.74, 6) is -0.483. The van der Waals surface area contributed by atoms with Crippen molar-refractivity contribution in [3.63, 3.8) is 0 Å². The van der Waals surface area contributed by atoms with E-state index < -0.39 is 5.91 Å². The van der Waals surface area contributed by atoms with Gasteiger partial charge in [0.2, 0.25) is 0 Å². The highest BCUT2D eigenvalue weighted by atomic mass is 35.5. The van der Waals surface area contributed by atoms with Gasteiger partial charge in [0, 0.05) is 4.88 Å². The van der Waals surface area contributed by atoms with Gasteiger partial charge in [-0.3, -0.25) is 4.79 Å². The number of halogens is 4. The van der Waals surface area contributed by atoms with E-state index in [-0.39, 0.29) is 32.0 Å². The number of rotatable bonds is 3. The van der Waals surface area contributed by atoms with Crippen molar-refractivity contribution in [3.8, 4) is 0 Å². The number of hydrogen-bond donors (Lipinski definition) is 1. The Morgan fingerprint density at radius 1 is 1.09 bits per heavy atom. The third-order valence-corrected chi connectivity index (χ3v) is 5.81. The highest BCUT2D eigenvalue weighted by Crippen LogP contribution is 2.36. The van der Waals surface area contributed by atoms with E-state index in [1.165, 1.54) is 11.3 Å². The number of thiazole rings is 1. The molecule has 118 valence electrons. The van der Waals surface area contributed by atoms with E-state index in [0.29, 0.717) is 0 Å². The Hall–Kier alpha value is -0.590. The molecule has 0 radical (unpaired) electrons. The van der Waals surface area contributed by atoms with Gasteiger partial charge >= 0.3 is 0 Å². The van der Waals surface area contributed by atoms with E-state index in [2.05, 4.69) is 15.3 Å². The molecule has 0 saturated heterocycles. The van der Waals surface area contributed by atoms with Crippen LogP contribution < -0.4 is 5.32 Å². The van der Waals surface area contributed by atoms with Crippen LogP contribution in [0.3, 0.4) is 0 Å². The molecule has 2 heterocycles. The minimum atomic E-state index is -0.483. The van der Waals surface area contributed by atoms with Crippen LogP contribution in [0.5, 0.6) is 0 Å². The Labute approximate surface area is 151 Å². The third-order valence-electron chi connectivity index (χ3n) is 2.88. The van der Waals surface area contributed by atoms with Crippen LogP contribution in [-0.2, 0) is 0 Å². The van der Waals surface area contributed by atoms with Crippen molar-refractivity contribution < 1.29 is 4.79 Å². The van der Waals surface area contributed by atoms with Crippen molar-refractivity contribution in [3.05, 3.63) is 41.5 Å². The van der Waals surface area contributed by atoms with Crippen LogP contribution in [0.1, 0.15) is 39.0 Å². The maximum Gasteiger partial charge on any atom is 0.272 e. The highest BCUT2D eigenvalue weighted by molar-refractivity contribution is 7.11. The van der Waals surface area contributed by atoms with Crippen LogP contribution in [0.15, 0.2) is 0 Å². The van der Waals surface area contributed by atoms with Crippen LogP contribution >= 0.6 is 57.7 Å². The van der Waals surface area contributed by atoms with Crippen molar-refractivity contribution >= 4 is 63.6 Å². The van der Waals surface area contributed by atoms with Crippen LogP contribution in [0, 0.1) is 13.8 Å². The normalized spacial score (nSPS) is 12.3. The SMILES string of the molecule is Cc1nc(C)c([C@@H](C)NC(=O)c2nc(Cl)c(Cl)c(Cl)c2Cl)s1. The van der Waals surface area contributed by atoms with Crippen LogP contribution in [0.25, 0.3) is 0 Å². The molecule has 2 rings (SSSR count). The van der Waals surface area contributed by atoms with Crippen molar-refractivity contribution in [2.75, 3.05) is 0 Å². The summed E-state index contributed by atoms with van der Waals surface area (Å²) in [7, 11) is 0. The quantitative estimate of drug-likeness (QED) is 0.717. The Kier molecular flexibility index (Phi) is 5.56. The minimum absolute atomic E-state index is 0.00551. The second-order valence-corrected chi connectivity index (χ2v) is 7.30. The van der Waals surface area contributed by atoms with Crippen molar-refractivity contribution in [1.82, 2.24) is 15.3 Å². The summed E-state index contributed by atoms with van der Waals surface area (Å²) in [5, 5.41) is 3.66. The lowest BCUT2D eigenvalue weighted by Crippen LogP contribution is -2.27. The molecular formula is C13H11Cl4N3OS. The molecule has 1 N–H and O–H groups in total. The van der Waals surface area contributed by atoms with Gasteiger partial charge in [0.25, 0.3) is 5.91 Å². The van der Waals surface area contributed by atoms with E-state index in [1.807, 2.05) is 20.8 Å². The van der Waals surface area contributed by atoms with Gasteiger partial charge in [-0.1, -0.05) is 46.4 Å². The summed E-state index contributed by atoms with van der Waals surface area (Å²) >= 11 is 25.2. The van der Waals surface area contributed by atoms with Gasteiger partial charge < -0.3 is 5.32 Å². The zero-order valence-corrected chi connectivity index (χ0v) is 15.6. The summed E-state index contributed by atoms with van der Waals surface area (Å²) in [5.41, 5.74) is 0.813. The predicted molar refractivity (Wildman–Crippen MR) is 91.7 cm³/mol. The minimum Gasteiger partial charge on any atom is -0.343 e. The smallest absolute Gasteiger partial charge is 0.272 e. The zero-order valence-electron chi connectivity index (χ0n) is 11.8. The van der Waals surface area contributed by atoms with E-state index in [1.54, 1.807) is 0 Å². The molecule has 4 nitrogen and oxygen atoms in total. The molecule has 0 aliphatic heterocycles. The van der Waals surface area contributed by atoms with Crippen LogP contribution in [-0.4, -0.2) is 15.9 Å². The second kappa shape index (κ2) is 6.89. The molecular weight excluding hydrogens is 388 g/mol. The van der Waals surface area contributed by atoms with Gasteiger partial charge in [0.1, 0.15) is 10.8 Å². The van der Waals surface area contributed by atoms with Gasteiger partial charge in [-0.2, -0.15) is 0 Å². The molecule has 0 fully saturated rings. The van der Waals surface area contributed by atoms with E-state index >= 15 is 0 Å². The Bertz CT molecular complexity index is 747. The Balaban J connectivity index is 2.28. The molecule has 1 amide bonds. The maximum absolute atomic E-state index is 12.3. The predicted octanol–water partition coefficient (Wildman–Crippen LogP) is 5.26. The lowest BCUT2D eigenvalue weighted by molar-refractivity contribution is 0.0935. The Morgan fingerprint density at radius 2 is 1.73 bits per heavy atom. The van der Waals surface area contributed by atoms with E-state index in [9.17, 15) is 4.79 Å². The maximum atomic E-state index is 12.3. The molecule has 0 unspecified atom stereocenters. The van der Waals surface area contributed by atoms with Gasteiger partial charge in [0.15, 0.2) is 0 Å². The number of carbonyl (C=O) groups excluding carboxylic acids is 1. The molecule has 9 heteroatoms. The molecule has 0 bridgehead atoms. The fourth-order valence-corrected chi connectivity index (χ4v) is 3.66. The highest BCUT2D eigenvalue weighted by Gasteiger charge is 2.23. The number of aryl methyl sites for hydroxylation is 2. The monoisotopic (exact) mass is 397 g/mol. The molecule has 0 aliphatic carbocycles. The molecule has 22 heavy (non-hydrogen) atoms. The zero-order chi connectivity index (χ0) is 16.6. The van der Waals surface area contributed by atoms with Crippen LogP contribution in [0.2, 0.25) is 20.2 Å². The van der Waals surface area contributed by atoms with Gasteiger partial charge in [-0.15, -0.1) is 11.3 Å². The molecule has 0 saturated carbocycles. The van der Waals surface area contributed by atoms with E-state index in [0.717, 1.165) is 15.6 Å². The van der Waals surface area contributed by atoms with Gasteiger partial charge in [0.05, 0.1) is 31.8 Å². The summed E-state index contributed by atoms with van der Waals surface area (Å²) in [6.07, 6.45) is 0. The van der Waals surface area contributed by atoms with Gasteiger partial charge in [-0.05, 0) is 20.8 Å². The molecule has 0 aromatic carbocycles. The van der Waals surface area contributed by atoms with Gasteiger partial charge in [-0.25, -0.2) is 9.97 Å². The number of nitrogens with zero attached hydrogens (tertiary/aromatic N) is 2. The van der Waals surface area contributed by atoms with Crippen molar-refractivity contribution in [2.45, 2.75) is 26.8 Å². The summed E-state index contributed by atoms with van der Waals surface area (Å²) < 4.78 is 0. The van der Waals surface area contributed by atoms with E-state index in [4.69, 9.17) is 46.4 Å². The average molecular weight is 399 g/mol. The molecule has 0 spiro atoms. The first-order valence-corrected chi connectivity index (χ1v) is 8.50. The summed E-state index contributed by atoms with van der Waals surface area (Å²) in [4.78, 5) is 21.6. The lowest BCUT2D eigenvalue weighted by atomic mass is 10.2. The largest absolute Gasteiger partial charge is 0.343 e. The number of amides is 1. The number of aromatic nitrogens is 2. The number of pyridine rings is 1. The fourth-order valence-electron chi connectivity index (χ4n) is 1.92. The first-order valence-electron chi connectivity index (χ1n) is 6.17. The number of carbonyl (C=O) groups is 1. The fraction of sp³-hybridized carbons (Fsp3) is 0.308. The van der Waals surface area contributed by atoms with Crippen LogP contribution in [0.4, 0.5) is 0 Å². The second-order valence-electron chi connectivity index (χ2n) is 4.57. The molecule has 2 aromatic rings. The molecule has 2 aromatic heterocycles. The summed E-state index contributed by atoms with van der Waals surface area (Å²) in [6.45, 7) is 5.65. The third kappa shape index (κ3) is 3.49. The lowest BCUT2D eigenvalue weighted by Gasteiger charge is -2.14. The first kappa shape index (κ1) is 17.8. The average Bonchev–Trinajstić information content (AvgIpc) is 2.79. The first-order chi connectivity index (χ1) is 10.2. The van der Waals surface area contributed by atoms with Crippen molar-refractivity contribution in [1.29, 1.82) is 0 Å². The molecule has 1 atom stereocenters. The number of hydrogen-bond acceptors (Lipinski definition) is 4. The molecule has 0 aliphatic rings. The topological polar surface area (TPSA) is 54.9 Å². The standard InChI is InChI=1S/C13H11Cl4N3OS/c1-4-11(22-6(3)18-4)5(2)19-13(21)10-8(15)7(14)9(16)12(17)20-10/h5H,1-3H3,(H,19,21)/t5-/m1/s1. The summed E-state index contributed by atoms with van der Waals surface area (Å²) in [6, 6.07) is -0.246. The van der Waals surface area contributed by atoms with Crippen molar-refractivity contribution in [2.24, 2.45) is 0 Å². The number of nitrogens with one attached hydrogen (secondary N) is 1. The Morgan fingerprint density at radius 3 is 2.27 bits per heavy atom.